The second-order valence-corrected chi connectivity index (χ2v) is 11.5. The summed E-state index contributed by atoms with van der Waals surface area (Å²) in [6.45, 7) is 5.74. The van der Waals surface area contributed by atoms with E-state index in [4.69, 9.17) is 16.0 Å². The predicted molar refractivity (Wildman–Crippen MR) is 170 cm³/mol. The summed E-state index contributed by atoms with van der Waals surface area (Å²) in [5.74, 6) is 0.777. The van der Waals surface area contributed by atoms with Crippen LogP contribution in [0.25, 0.3) is 10.9 Å². The van der Waals surface area contributed by atoms with Crippen LogP contribution in [0.15, 0.2) is 102 Å². The summed E-state index contributed by atoms with van der Waals surface area (Å²) in [5, 5.41) is 1.71. The van der Waals surface area contributed by atoms with Crippen molar-refractivity contribution < 1.29 is 14.0 Å². The van der Waals surface area contributed by atoms with Crippen LogP contribution in [0.5, 0.6) is 0 Å². The van der Waals surface area contributed by atoms with Crippen molar-refractivity contribution in [3.8, 4) is 0 Å². The summed E-state index contributed by atoms with van der Waals surface area (Å²) in [7, 11) is 0. The van der Waals surface area contributed by atoms with E-state index in [0.717, 1.165) is 41.7 Å². The number of benzene rings is 3. The number of furan rings is 1. The third-order valence-electron chi connectivity index (χ3n) is 8.04. The number of anilines is 1. The van der Waals surface area contributed by atoms with Gasteiger partial charge in [-0.1, -0.05) is 66.2 Å². The third-order valence-corrected chi connectivity index (χ3v) is 8.27. The van der Waals surface area contributed by atoms with E-state index in [-0.39, 0.29) is 11.8 Å². The van der Waals surface area contributed by atoms with Crippen molar-refractivity contribution >= 4 is 40.0 Å². The summed E-state index contributed by atoms with van der Waals surface area (Å²) in [6, 6.07) is 29.8. The molecule has 3 heterocycles. The molecule has 7 nitrogen and oxygen atoms in total. The summed E-state index contributed by atoms with van der Waals surface area (Å²) < 4.78 is 8.27. The predicted octanol–water partition coefficient (Wildman–Crippen LogP) is 6.84. The smallest absolute Gasteiger partial charge is 0.289 e. The fourth-order valence-corrected chi connectivity index (χ4v) is 6.00. The van der Waals surface area contributed by atoms with Crippen LogP contribution in [-0.2, 0) is 24.4 Å². The number of para-hydroxylation sites is 1. The van der Waals surface area contributed by atoms with Crippen molar-refractivity contribution in [1.82, 2.24) is 14.4 Å². The van der Waals surface area contributed by atoms with Gasteiger partial charge < -0.3 is 18.8 Å². The molecule has 43 heavy (non-hydrogen) atoms. The van der Waals surface area contributed by atoms with Crippen LogP contribution in [0, 0.1) is 0 Å². The van der Waals surface area contributed by atoms with Gasteiger partial charge in [0, 0.05) is 62.9 Å². The van der Waals surface area contributed by atoms with Gasteiger partial charge in [-0.15, -0.1) is 0 Å². The number of aromatic nitrogens is 1. The van der Waals surface area contributed by atoms with Gasteiger partial charge >= 0.3 is 0 Å². The second-order valence-electron chi connectivity index (χ2n) is 11.1. The van der Waals surface area contributed by atoms with E-state index >= 15 is 0 Å². The van der Waals surface area contributed by atoms with E-state index < -0.39 is 0 Å². The normalized spacial score (nSPS) is 14.8. The molecular formula is C35H35ClN4O3. The highest BCUT2D eigenvalue weighted by atomic mass is 35.5. The number of rotatable bonds is 5. The molecule has 0 spiro atoms. The lowest BCUT2D eigenvalue weighted by molar-refractivity contribution is -0.116. The molecule has 5 aromatic rings. The lowest BCUT2D eigenvalue weighted by atomic mass is 10.1. The number of amides is 2. The van der Waals surface area contributed by atoms with Crippen LogP contribution in [0.4, 0.5) is 5.69 Å². The maximum absolute atomic E-state index is 14.0. The molecular weight excluding hydrogens is 560 g/mol. The standard InChI is InChI=1S/C35H35ClN4O3/c1-26(41)40-18-7-17-37(23-27-8-3-2-4-9-27)20-21-39(24-29-12-13-30(36)22-33(29)40)35(42)34-15-14-31(43-34)25-38-19-16-28-10-5-6-11-32(28)38/h2-6,8-16,19,22H,7,17-18,20-21,23-25H2,1H3. The highest BCUT2D eigenvalue weighted by Crippen LogP contribution is 2.28. The molecule has 0 unspecified atom stereocenters. The van der Waals surface area contributed by atoms with E-state index in [1.165, 1.54) is 5.56 Å². The van der Waals surface area contributed by atoms with Gasteiger partial charge in [0.05, 0.1) is 12.2 Å². The number of carbonyl (C=O) groups excluding carboxylic acids is 2. The number of hydrogen-bond acceptors (Lipinski definition) is 4. The monoisotopic (exact) mass is 594 g/mol. The molecule has 220 valence electrons. The molecule has 1 aliphatic rings. The molecule has 0 bridgehead atoms. The number of carbonyl (C=O) groups is 2. The van der Waals surface area contributed by atoms with Crippen molar-refractivity contribution in [3.63, 3.8) is 0 Å². The SMILES string of the molecule is CC(=O)N1CCCN(Cc2ccccc2)CCN(C(=O)c2ccc(Cn3ccc4ccccc43)o2)Cc2ccc(Cl)cc21. The van der Waals surface area contributed by atoms with Gasteiger partial charge in [-0.3, -0.25) is 14.5 Å². The molecule has 8 heteroatoms. The van der Waals surface area contributed by atoms with Crippen LogP contribution in [0.1, 0.15) is 40.8 Å². The molecule has 1 aliphatic heterocycles. The lowest BCUT2D eigenvalue weighted by Crippen LogP contribution is -2.38. The van der Waals surface area contributed by atoms with E-state index in [1.54, 1.807) is 17.9 Å². The Morgan fingerprint density at radius 3 is 2.49 bits per heavy atom. The molecule has 0 saturated carbocycles. The minimum Gasteiger partial charge on any atom is -0.454 e. The molecule has 2 amide bonds. The van der Waals surface area contributed by atoms with Crippen LogP contribution < -0.4 is 4.90 Å². The van der Waals surface area contributed by atoms with Gasteiger partial charge in [-0.05, 0) is 59.3 Å². The maximum Gasteiger partial charge on any atom is 0.289 e. The first-order valence-corrected chi connectivity index (χ1v) is 15.1. The van der Waals surface area contributed by atoms with Crippen molar-refractivity contribution in [3.05, 3.63) is 125 Å². The Morgan fingerprint density at radius 1 is 0.837 bits per heavy atom. The fourth-order valence-electron chi connectivity index (χ4n) is 5.83. The minimum atomic E-state index is -0.183. The van der Waals surface area contributed by atoms with Crippen LogP contribution in [0.3, 0.4) is 0 Å². The van der Waals surface area contributed by atoms with Crippen molar-refractivity contribution in [2.24, 2.45) is 0 Å². The van der Waals surface area contributed by atoms with Gasteiger partial charge in [-0.25, -0.2) is 0 Å². The zero-order valence-electron chi connectivity index (χ0n) is 24.3. The molecule has 0 saturated heterocycles. The summed E-state index contributed by atoms with van der Waals surface area (Å²) >= 11 is 6.41. The summed E-state index contributed by atoms with van der Waals surface area (Å²) in [6.07, 6.45) is 2.83. The Morgan fingerprint density at radius 2 is 1.65 bits per heavy atom. The van der Waals surface area contributed by atoms with E-state index in [0.29, 0.717) is 49.3 Å². The largest absolute Gasteiger partial charge is 0.454 e. The van der Waals surface area contributed by atoms with Crippen molar-refractivity contribution in [2.75, 3.05) is 31.1 Å². The Hall–Kier alpha value is -4.33. The molecule has 6 rings (SSSR count). The van der Waals surface area contributed by atoms with Gasteiger partial charge in [0.1, 0.15) is 5.76 Å². The molecule has 0 aliphatic carbocycles. The molecule has 0 radical (unpaired) electrons. The first-order valence-electron chi connectivity index (χ1n) is 14.7. The number of halogens is 1. The van der Waals surface area contributed by atoms with Crippen molar-refractivity contribution in [1.29, 1.82) is 0 Å². The molecule has 0 fully saturated rings. The minimum absolute atomic E-state index is 0.0524. The van der Waals surface area contributed by atoms with Gasteiger partial charge in [0.2, 0.25) is 5.91 Å². The van der Waals surface area contributed by atoms with Crippen LogP contribution >= 0.6 is 11.6 Å². The summed E-state index contributed by atoms with van der Waals surface area (Å²) in [4.78, 5) is 32.8. The Labute approximate surface area is 256 Å². The maximum atomic E-state index is 14.0. The summed E-state index contributed by atoms with van der Waals surface area (Å²) in [5.41, 5.74) is 3.94. The highest BCUT2D eigenvalue weighted by molar-refractivity contribution is 6.31. The quantitative estimate of drug-likeness (QED) is 0.224. The van der Waals surface area contributed by atoms with Crippen LogP contribution in [0.2, 0.25) is 5.02 Å². The first-order chi connectivity index (χ1) is 20.9. The van der Waals surface area contributed by atoms with Gasteiger partial charge in [-0.2, -0.15) is 0 Å². The van der Waals surface area contributed by atoms with Crippen LogP contribution in [-0.4, -0.2) is 52.4 Å². The Bertz CT molecular complexity index is 1730. The number of hydrogen-bond donors (Lipinski definition) is 0. The fraction of sp³-hybridized carbons (Fsp3) is 0.257. The molecule has 2 aromatic heterocycles. The molecule has 3 aromatic carbocycles. The van der Waals surface area contributed by atoms with Gasteiger partial charge in [0.15, 0.2) is 5.76 Å². The topological polar surface area (TPSA) is 61.9 Å². The zero-order chi connectivity index (χ0) is 29.8. The van der Waals surface area contributed by atoms with Crippen molar-refractivity contribution in [2.45, 2.75) is 33.0 Å². The second kappa shape index (κ2) is 12.9. The number of nitrogens with zero attached hydrogens (tertiary/aromatic N) is 4. The van der Waals surface area contributed by atoms with E-state index in [9.17, 15) is 9.59 Å². The Kier molecular flexibility index (Phi) is 8.63. The Balaban J connectivity index is 1.29. The molecule has 0 atom stereocenters. The lowest BCUT2D eigenvalue weighted by Gasteiger charge is -2.27. The average Bonchev–Trinajstić information content (AvgIpc) is 3.64. The number of fused-ring (bicyclic) bond motifs is 2. The van der Waals surface area contributed by atoms with Gasteiger partial charge in [0.25, 0.3) is 5.91 Å². The third kappa shape index (κ3) is 6.69. The molecule has 0 N–H and O–H groups in total. The van der Waals surface area contributed by atoms with E-state index in [1.807, 2.05) is 65.7 Å². The van der Waals surface area contributed by atoms with E-state index in [2.05, 4.69) is 39.8 Å². The highest BCUT2D eigenvalue weighted by Gasteiger charge is 2.25. The zero-order valence-corrected chi connectivity index (χ0v) is 25.0. The average molecular weight is 595 g/mol. The first kappa shape index (κ1) is 28.8.